The zero-order valence-electron chi connectivity index (χ0n) is 13.5. The minimum absolute atomic E-state index is 0.243. The molecule has 3 rings (SSSR count). The Bertz CT molecular complexity index is 525. The molecule has 1 fully saturated rings. The molecule has 1 atom stereocenters. The molecule has 1 aromatic heterocycles. The Balaban J connectivity index is 1.48. The average molecular weight is 303 g/mol. The van der Waals surface area contributed by atoms with E-state index in [-0.39, 0.29) is 6.10 Å². The smallest absolute Gasteiger partial charge is 0.145 e. The first-order chi connectivity index (χ1) is 10.8. The second-order valence-corrected chi connectivity index (χ2v) is 5.95. The monoisotopic (exact) mass is 303 g/mol. The summed E-state index contributed by atoms with van der Waals surface area (Å²) < 4.78 is 0. The Kier molecular flexibility index (Phi) is 4.87. The van der Waals surface area contributed by atoms with E-state index in [1.165, 1.54) is 5.71 Å². The molecule has 1 aromatic rings. The summed E-state index contributed by atoms with van der Waals surface area (Å²) in [5.41, 5.74) is 2.30. The van der Waals surface area contributed by atoms with Crippen molar-refractivity contribution in [2.75, 3.05) is 37.6 Å². The Hall–Kier alpha value is -1.69. The Morgan fingerprint density at radius 1 is 1.14 bits per heavy atom. The van der Waals surface area contributed by atoms with Crippen LogP contribution < -0.4 is 4.90 Å². The number of rotatable bonds is 5. The van der Waals surface area contributed by atoms with Crippen molar-refractivity contribution in [3.63, 3.8) is 0 Å². The van der Waals surface area contributed by atoms with Crippen molar-refractivity contribution in [2.24, 2.45) is 5.16 Å². The van der Waals surface area contributed by atoms with Crippen LogP contribution in [-0.2, 0) is 11.3 Å². The van der Waals surface area contributed by atoms with Crippen LogP contribution in [0.2, 0.25) is 0 Å². The van der Waals surface area contributed by atoms with E-state index >= 15 is 0 Å². The van der Waals surface area contributed by atoms with Gasteiger partial charge in [-0.15, -0.1) is 0 Å². The zero-order valence-corrected chi connectivity index (χ0v) is 13.5. The van der Waals surface area contributed by atoms with E-state index in [1.54, 1.807) is 6.33 Å². The molecule has 6 heteroatoms. The van der Waals surface area contributed by atoms with Gasteiger partial charge in [-0.2, -0.15) is 0 Å². The molecule has 0 spiro atoms. The summed E-state index contributed by atoms with van der Waals surface area (Å²) in [6.45, 7) is 9.35. The second-order valence-electron chi connectivity index (χ2n) is 5.95. The molecule has 0 aliphatic carbocycles. The summed E-state index contributed by atoms with van der Waals surface area (Å²) in [5.74, 6) is 1.06. The van der Waals surface area contributed by atoms with E-state index < -0.39 is 0 Å². The maximum atomic E-state index is 5.51. The molecular weight excluding hydrogens is 278 g/mol. The van der Waals surface area contributed by atoms with Crippen molar-refractivity contribution in [2.45, 2.75) is 39.2 Å². The minimum atomic E-state index is 0.243. The van der Waals surface area contributed by atoms with Gasteiger partial charge in [0, 0.05) is 50.9 Å². The molecule has 0 radical (unpaired) electrons. The lowest BCUT2D eigenvalue weighted by Gasteiger charge is -2.36. The maximum absolute atomic E-state index is 5.51. The van der Waals surface area contributed by atoms with Gasteiger partial charge in [0.1, 0.15) is 18.2 Å². The van der Waals surface area contributed by atoms with Crippen molar-refractivity contribution in [3.05, 3.63) is 18.1 Å². The molecule has 3 heterocycles. The van der Waals surface area contributed by atoms with E-state index in [0.717, 1.165) is 63.5 Å². The van der Waals surface area contributed by atoms with Gasteiger partial charge in [0.2, 0.25) is 0 Å². The van der Waals surface area contributed by atoms with Gasteiger partial charge in [-0.25, -0.2) is 9.97 Å². The van der Waals surface area contributed by atoms with Crippen LogP contribution in [0.1, 0.15) is 32.4 Å². The third-order valence-electron chi connectivity index (χ3n) is 4.43. The van der Waals surface area contributed by atoms with E-state index in [2.05, 4.69) is 44.8 Å². The second kappa shape index (κ2) is 7.05. The molecular formula is C16H25N5O. The first-order valence-electron chi connectivity index (χ1n) is 8.28. The van der Waals surface area contributed by atoms with Crippen LogP contribution in [0.15, 0.2) is 17.5 Å². The van der Waals surface area contributed by atoms with E-state index in [4.69, 9.17) is 4.84 Å². The molecule has 22 heavy (non-hydrogen) atoms. The van der Waals surface area contributed by atoms with Gasteiger partial charge in [0.25, 0.3) is 0 Å². The molecule has 0 bridgehead atoms. The van der Waals surface area contributed by atoms with Gasteiger partial charge in [0.15, 0.2) is 0 Å². The highest BCUT2D eigenvalue weighted by Crippen LogP contribution is 2.17. The van der Waals surface area contributed by atoms with Crippen LogP contribution >= 0.6 is 0 Å². The Labute approximate surface area is 132 Å². The number of aryl methyl sites for hydroxylation is 1. The quantitative estimate of drug-likeness (QED) is 0.829. The van der Waals surface area contributed by atoms with Crippen LogP contribution in [0, 0.1) is 0 Å². The molecule has 120 valence electrons. The highest BCUT2D eigenvalue weighted by atomic mass is 16.6. The SMILES string of the molecule is CCC1=NO[C@@H](CN2CCN(c3cc(CC)ncn3)CC2)C1. The average Bonchev–Trinajstić information content (AvgIpc) is 3.03. The molecule has 0 amide bonds. The zero-order chi connectivity index (χ0) is 15.4. The van der Waals surface area contributed by atoms with Gasteiger partial charge >= 0.3 is 0 Å². The van der Waals surface area contributed by atoms with Gasteiger partial charge < -0.3 is 9.74 Å². The first kappa shape index (κ1) is 15.2. The molecule has 6 nitrogen and oxygen atoms in total. The summed E-state index contributed by atoms with van der Waals surface area (Å²) in [4.78, 5) is 19.0. The number of oxime groups is 1. The first-order valence-corrected chi connectivity index (χ1v) is 8.28. The van der Waals surface area contributed by atoms with Gasteiger partial charge in [-0.05, 0) is 12.8 Å². The van der Waals surface area contributed by atoms with Crippen molar-refractivity contribution in [3.8, 4) is 0 Å². The molecule has 0 N–H and O–H groups in total. The predicted octanol–water partition coefficient (Wildman–Crippen LogP) is 1.72. The van der Waals surface area contributed by atoms with Crippen molar-refractivity contribution in [1.29, 1.82) is 0 Å². The number of hydrogen-bond donors (Lipinski definition) is 0. The number of anilines is 1. The Morgan fingerprint density at radius 2 is 1.95 bits per heavy atom. The minimum Gasteiger partial charge on any atom is -0.391 e. The van der Waals surface area contributed by atoms with Crippen LogP contribution in [0.5, 0.6) is 0 Å². The third kappa shape index (κ3) is 3.55. The highest BCUT2D eigenvalue weighted by molar-refractivity contribution is 5.85. The summed E-state index contributed by atoms with van der Waals surface area (Å²) in [6.07, 6.45) is 4.86. The molecule has 0 aromatic carbocycles. The van der Waals surface area contributed by atoms with Crippen molar-refractivity contribution >= 4 is 11.5 Å². The fourth-order valence-electron chi connectivity index (χ4n) is 2.99. The van der Waals surface area contributed by atoms with Crippen molar-refractivity contribution in [1.82, 2.24) is 14.9 Å². The summed E-state index contributed by atoms with van der Waals surface area (Å²) >= 11 is 0. The fraction of sp³-hybridized carbons (Fsp3) is 0.688. The number of hydrogen-bond acceptors (Lipinski definition) is 6. The van der Waals surface area contributed by atoms with Gasteiger partial charge in [0.05, 0.1) is 5.71 Å². The molecule has 2 aliphatic heterocycles. The number of piperazine rings is 1. The van der Waals surface area contributed by atoms with Crippen LogP contribution in [-0.4, -0.2) is 59.4 Å². The molecule has 0 saturated carbocycles. The highest BCUT2D eigenvalue weighted by Gasteiger charge is 2.25. The lowest BCUT2D eigenvalue weighted by Crippen LogP contribution is -2.48. The van der Waals surface area contributed by atoms with E-state index in [9.17, 15) is 0 Å². The molecule has 2 aliphatic rings. The number of aromatic nitrogens is 2. The normalized spacial score (nSPS) is 22.5. The Morgan fingerprint density at radius 3 is 2.64 bits per heavy atom. The third-order valence-corrected chi connectivity index (χ3v) is 4.43. The molecule has 0 unspecified atom stereocenters. The summed E-state index contributed by atoms with van der Waals surface area (Å²) in [6, 6.07) is 2.11. The fourth-order valence-corrected chi connectivity index (χ4v) is 2.99. The standard InChI is InChI=1S/C16H25N5O/c1-3-13-10-16(18-12-17-13)21-7-5-20(6-8-21)11-15-9-14(4-2)19-22-15/h10,12,15H,3-9,11H2,1-2H3/t15-/m1/s1. The van der Waals surface area contributed by atoms with Gasteiger partial charge in [-0.1, -0.05) is 19.0 Å². The lowest BCUT2D eigenvalue weighted by molar-refractivity contribution is 0.0510. The summed E-state index contributed by atoms with van der Waals surface area (Å²) in [7, 11) is 0. The van der Waals surface area contributed by atoms with Crippen LogP contribution in [0.3, 0.4) is 0 Å². The van der Waals surface area contributed by atoms with Gasteiger partial charge in [-0.3, -0.25) is 4.90 Å². The largest absolute Gasteiger partial charge is 0.391 e. The molecule has 1 saturated heterocycles. The maximum Gasteiger partial charge on any atom is 0.145 e. The topological polar surface area (TPSA) is 53.9 Å². The van der Waals surface area contributed by atoms with Crippen molar-refractivity contribution < 1.29 is 4.84 Å². The lowest BCUT2D eigenvalue weighted by atomic mass is 10.1. The predicted molar refractivity (Wildman–Crippen MR) is 87.3 cm³/mol. The number of nitrogens with zero attached hydrogens (tertiary/aromatic N) is 5. The van der Waals surface area contributed by atoms with E-state index in [1.807, 2.05) is 0 Å². The van der Waals surface area contributed by atoms with Crippen LogP contribution in [0.4, 0.5) is 5.82 Å². The van der Waals surface area contributed by atoms with Crippen LogP contribution in [0.25, 0.3) is 0 Å². The summed E-state index contributed by atoms with van der Waals surface area (Å²) in [5, 5.41) is 4.15. The van der Waals surface area contributed by atoms with E-state index in [0.29, 0.717) is 0 Å².